The Balaban J connectivity index is 0.000000181. The van der Waals surface area contributed by atoms with Gasteiger partial charge < -0.3 is 40.0 Å². The molecule has 0 atom stereocenters. The highest BCUT2D eigenvalue weighted by molar-refractivity contribution is 6.33. The highest BCUT2D eigenvalue weighted by Gasteiger charge is 2.26. The van der Waals surface area contributed by atoms with Crippen LogP contribution in [0.1, 0.15) is 25.7 Å². The second-order valence-electron chi connectivity index (χ2n) is 12.9. The first-order valence-electron chi connectivity index (χ1n) is 16.7. The summed E-state index contributed by atoms with van der Waals surface area (Å²) >= 11 is 12.2. The first kappa shape index (κ1) is 34.4. The van der Waals surface area contributed by atoms with E-state index in [4.69, 9.17) is 23.2 Å². The SMILES string of the molecule is CN1CCC(NC(=O)N2CCN(c3ccc(Cl)cc3)CC2)CC1.CN1CCC(NC(=O)N2CCN(c3ccccc3Cl)CC2)CC1. The molecule has 0 spiro atoms. The molecule has 0 aliphatic carbocycles. The summed E-state index contributed by atoms with van der Waals surface area (Å²) in [5, 5.41) is 7.92. The lowest BCUT2D eigenvalue weighted by Crippen LogP contribution is -2.54. The van der Waals surface area contributed by atoms with Crippen LogP contribution in [0.4, 0.5) is 21.0 Å². The van der Waals surface area contributed by atoms with Crippen molar-refractivity contribution in [2.24, 2.45) is 0 Å². The van der Waals surface area contributed by atoms with Crippen molar-refractivity contribution < 1.29 is 9.59 Å². The second kappa shape index (κ2) is 16.8. The normalized spacial score (nSPS) is 20.6. The number of nitrogens with zero attached hydrogens (tertiary/aromatic N) is 6. The summed E-state index contributed by atoms with van der Waals surface area (Å²) in [5.41, 5.74) is 2.23. The predicted molar refractivity (Wildman–Crippen MR) is 189 cm³/mol. The molecule has 4 amide bonds. The molecular formula is C34H50Cl2N8O2. The van der Waals surface area contributed by atoms with Crippen LogP contribution in [-0.4, -0.2) is 136 Å². The zero-order valence-corrected chi connectivity index (χ0v) is 28.9. The zero-order valence-electron chi connectivity index (χ0n) is 27.3. The molecule has 0 radical (unpaired) electrons. The van der Waals surface area contributed by atoms with Crippen molar-refractivity contribution >= 4 is 46.6 Å². The van der Waals surface area contributed by atoms with Crippen LogP contribution in [0.25, 0.3) is 0 Å². The van der Waals surface area contributed by atoms with Gasteiger partial charge in [0.15, 0.2) is 0 Å². The smallest absolute Gasteiger partial charge is 0.317 e. The van der Waals surface area contributed by atoms with Gasteiger partial charge in [-0.05, 0) is 102 Å². The highest BCUT2D eigenvalue weighted by Crippen LogP contribution is 2.26. The first-order chi connectivity index (χ1) is 22.2. The van der Waals surface area contributed by atoms with E-state index in [0.717, 1.165) is 120 Å². The molecule has 0 saturated carbocycles. The Hall–Kier alpha value is -2.92. The standard InChI is InChI=1S/2C17H25ClN4O/c1-20-8-6-15(7-9-20)19-17(23)22-12-10-21(11-13-22)16-4-2-14(18)3-5-16;1-20-8-6-14(7-9-20)19-17(23)22-12-10-21(11-13-22)16-5-3-2-4-15(16)18/h2-5,15H,6-13H2,1H3,(H,19,23);2-5,14H,6-13H2,1H3,(H,19,23). The molecule has 2 aromatic carbocycles. The van der Waals surface area contributed by atoms with Gasteiger partial charge in [0.1, 0.15) is 0 Å². The summed E-state index contributed by atoms with van der Waals surface area (Å²) in [4.78, 5) is 37.8. The topological polar surface area (TPSA) is 77.6 Å². The van der Waals surface area contributed by atoms with Gasteiger partial charge in [0, 0.05) is 75.2 Å². The molecule has 4 aliphatic rings. The molecule has 0 unspecified atom stereocenters. The Morgan fingerprint density at radius 2 is 1.02 bits per heavy atom. The number of carbonyl (C=O) groups excluding carboxylic acids is 2. The Kier molecular flexibility index (Phi) is 12.5. The Morgan fingerprint density at radius 1 is 0.587 bits per heavy atom. The number of para-hydroxylation sites is 1. The molecule has 12 heteroatoms. The van der Waals surface area contributed by atoms with Crippen molar-refractivity contribution in [3.05, 3.63) is 58.6 Å². The summed E-state index contributed by atoms with van der Waals surface area (Å²) in [7, 11) is 4.26. The maximum Gasteiger partial charge on any atom is 0.317 e. The van der Waals surface area contributed by atoms with Crippen molar-refractivity contribution in [3.63, 3.8) is 0 Å². The largest absolute Gasteiger partial charge is 0.368 e. The van der Waals surface area contributed by atoms with Gasteiger partial charge in [-0.3, -0.25) is 0 Å². The van der Waals surface area contributed by atoms with E-state index in [-0.39, 0.29) is 12.1 Å². The van der Waals surface area contributed by atoms with E-state index in [1.807, 2.05) is 58.3 Å². The number of nitrogens with one attached hydrogen (secondary N) is 2. The summed E-state index contributed by atoms with van der Waals surface area (Å²) in [6, 6.07) is 16.6. The monoisotopic (exact) mass is 672 g/mol. The third-order valence-corrected chi connectivity index (χ3v) is 10.2. The lowest BCUT2D eigenvalue weighted by molar-refractivity contribution is 0.177. The van der Waals surface area contributed by atoms with E-state index >= 15 is 0 Å². The van der Waals surface area contributed by atoms with Crippen LogP contribution in [-0.2, 0) is 0 Å². The van der Waals surface area contributed by atoms with Gasteiger partial charge >= 0.3 is 12.1 Å². The number of likely N-dealkylation sites (tertiary alicyclic amines) is 2. The maximum atomic E-state index is 12.4. The van der Waals surface area contributed by atoms with E-state index in [1.165, 1.54) is 5.69 Å². The number of rotatable bonds is 4. The van der Waals surface area contributed by atoms with Crippen LogP contribution in [0.5, 0.6) is 0 Å². The fourth-order valence-corrected chi connectivity index (χ4v) is 6.90. The number of halogens is 2. The number of benzene rings is 2. The minimum Gasteiger partial charge on any atom is -0.368 e. The molecule has 2 aromatic rings. The predicted octanol–water partition coefficient (Wildman–Crippen LogP) is 4.53. The van der Waals surface area contributed by atoms with Crippen LogP contribution in [0.2, 0.25) is 10.0 Å². The summed E-state index contributed by atoms with van der Waals surface area (Å²) in [6.45, 7) is 10.6. The molecule has 4 aliphatic heterocycles. The van der Waals surface area contributed by atoms with Crippen molar-refractivity contribution in [2.75, 3.05) is 102 Å². The number of anilines is 2. The van der Waals surface area contributed by atoms with Gasteiger partial charge in [-0.1, -0.05) is 35.3 Å². The van der Waals surface area contributed by atoms with Crippen LogP contribution < -0.4 is 20.4 Å². The number of carbonyl (C=O) groups is 2. The van der Waals surface area contributed by atoms with E-state index in [9.17, 15) is 9.59 Å². The minimum absolute atomic E-state index is 0.0818. The van der Waals surface area contributed by atoms with Gasteiger partial charge in [0.25, 0.3) is 0 Å². The van der Waals surface area contributed by atoms with E-state index < -0.39 is 0 Å². The van der Waals surface area contributed by atoms with Crippen molar-refractivity contribution in [2.45, 2.75) is 37.8 Å². The lowest BCUT2D eigenvalue weighted by atomic mass is 10.1. The Bertz CT molecular complexity index is 1250. The molecule has 6 rings (SSSR count). The van der Waals surface area contributed by atoms with Crippen LogP contribution in [0, 0.1) is 0 Å². The fraction of sp³-hybridized carbons (Fsp3) is 0.588. The molecule has 2 N–H and O–H groups in total. The molecule has 4 heterocycles. The number of amides is 4. The van der Waals surface area contributed by atoms with Gasteiger partial charge in [0.05, 0.1) is 10.7 Å². The average molecular weight is 674 g/mol. The van der Waals surface area contributed by atoms with Crippen LogP contribution in [0.3, 0.4) is 0 Å². The Labute approximate surface area is 284 Å². The quantitative estimate of drug-likeness (QED) is 0.497. The first-order valence-corrected chi connectivity index (χ1v) is 17.5. The second-order valence-corrected chi connectivity index (χ2v) is 13.8. The van der Waals surface area contributed by atoms with Gasteiger partial charge in [-0.15, -0.1) is 0 Å². The lowest BCUT2D eigenvalue weighted by Gasteiger charge is -2.38. The average Bonchev–Trinajstić information content (AvgIpc) is 3.08. The summed E-state index contributed by atoms with van der Waals surface area (Å²) in [6.07, 6.45) is 4.18. The third-order valence-electron chi connectivity index (χ3n) is 9.61. The van der Waals surface area contributed by atoms with Crippen LogP contribution >= 0.6 is 23.2 Å². The molecule has 4 fully saturated rings. The molecular weight excluding hydrogens is 623 g/mol. The maximum absolute atomic E-state index is 12.4. The third kappa shape index (κ3) is 9.80. The fourth-order valence-electron chi connectivity index (χ4n) is 6.52. The van der Waals surface area contributed by atoms with E-state index in [0.29, 0.717) is 12.1 Å². The minimum atomic E-state index is 0.0818. The van der Waals surface area contributed by atoms with Gasteiger partial charge in [0.2, 0.25) is 0 Å². The van der Waals surface area contributed by atoms with Crippen molar-refractivity contribution in [3.8, 4) is 0 Å². The Morgan fingerprint density at radius 3 is 1.48 bits per heavy atom. The van der Waals surface area contributed by atoms with Gasteiger partial charge in [-0.25, -0.2) is 9.59 Å². The van der Waals surface area contributed by atoms with E-state index in [2.05, 4.69) is 44.3 Å². The molecule has 252 valence electrons. The zero-order chi connectivity index (χ0) is 32.5. The number of urea groups is 2. The molecule has 46 heavy (non-hydrogen) atoms. The number of piperazine rings is 2. The number of hydrogen-bond acceptors (Lipinski definition) is 6. The van der Waals surface area contributed by atoms with Crippen molar-refractivity contribution in [1.29, 1.82) is 0 Å². The summed E-state index contributed by atoms with van der Waals surface area (Å²) in [5.74, 6) is 0. The highest BCUT2D eigenvalue weighted by atomic mass is 35.5. The summed E-state index contributed by atoms with van der Waals surface area (Å²) < 4.78 is 0. The van der Waals surface area contributed by atoms with Crippen molar-refractivity contribution in [1.82, 2.24) is 30.2 Å². The number of piperidine rings is 2. The van der Waals surface area contributed by atoms with E-state index in [1.54, 1.807) is 0 Å². The molecule has 0 bridgehead atoms. The van der Waals surface area contributed by atoms with Crippen LogP contribution in [0.15, 0.2) is 48.5 Å². The molecule has 0 aromatic heterocycles. The number of hydrogen-bond donors (Lipinski definition) is 2. The molecule has 4 saturated heterocycles. The van der Waals surface area contributed by atoms with Gasteiger partial charge in [-0.2, -0.15) is 0 Å². The molecule has 10 nitrogen and oxygen atoms in total.